The lowest BCUT2D eigenvalue weighted by molar-refractivity contribution is -0.235. The summed E-state index contributed by atoms with van der Waals surface area (Å²) in [5.41, 5.74) is -2.69. The molecule has 0 spiro atoms. The van der Waals surface area contributed by atoms with Crippen molar-refractivity contribution in [3.05, 3.63) is 64.5 Å². The van der Waals surface area contributed by atoms with Crippen LogP contribution in [0.5, 0.6) is 0 Å². The van der Waals surface area contributed by atoms with E-state index < -0.39 is 51.8 Å². The first-order valence-electron chi connectivity index (χ1n) is 24.5. The number of fused-ring (bicyclic) bond motifs is 7. The number of carbonyl (C=O) groups excluding carboxylic acids is 5. The summed E-state index contributed by atoms with van der Waals surface area (Å²) >= 11 is 0. The summed E-state index contributed by atoms with van der Waals surface area (Å²) in [6.07, 6.45) is 2.23. The lowest BCUT2D eigenvalue weighted by atomic mass is 9.33. The molecule has 0 radical (unpaired) electrons. The van der Waals surface area contributed by atoms with Crippen LogP contribution in [0.15, 0.2) is 47.5 Å². The van der Waals surface area contributed by atoms with E-state index in [0.717, 1.165) is 61.7 Å². The van der Waals surface area contributed by atoms with Gasteiger partial charge in [0.2, 0.25) is 5.91 Å². The standard InChI is InChI=1S/C53H71F3N4O7/c1-29(2)40-35(61)27-52(58-45(65)48(7,8)57-42(62)34-26-38(60-59-34)53(54,55)56)24-23-50(10)31(41(40)52)17-18-37-49(9)21-20-39(47(5,6)36(49)19-22-51(37,50)11)67-44(64)33-25-32(46(33,3)4)43(63)66-28-30-15-13-12-14-16-30/h12-16,26,29,31-33,36-37,39H,17-25,27-28H2,1-11H3,(H,57,62)(H,58,65)(H,59,60)/t31-,32+,33-,36+,37-,39+,49+,50-,51-,52-/m1/s1. The largest absolute Gasteiger partial charge is 0.462 e. The number of halogens is 3. The Bertz CT molecular complexity index is 2370. The molecule has 6 aliphatic rings. The quantitative estimate of drug-likeness (QED) is 0.199. The molecule has 1 aromatic heterocycles. The lowest BCUT2D eigenvalue weighted by Gasteiger charge is -2.72. The van der Waals surface area contributed by atoms with Crippen LogP contribution in [0.1, 0.15) is 162 Å². The third kappa shape index (κ3) is 7.76. The number of aromatic amines is 1. The second kappa shape index (κ2) is 16.3. The first-order valence-corrected chi connectivity index (χ1v) is 24.5. The van der Waals surface area contributed by atoms with Crippen LogP contribution in [0, 0.1) is 62.6 Å². The molecule has 5 fully saturated rings. The Labute approximate surface area is 393 Å². The van der Waals surface area contributed by atoms with E-state index in [1.54, 1.807) is 0 Å². The summed E-state index contributed by atoms with van der Waals surface area (Å²) in [5.74, 6) is -2.10. The van der Waals surface area contributed by atoms with Gasteiger partial charge < -0.3 is 20.1 Å². The molecule has 2 aromatic rings. The SMILES string of the molecule is CC(C)C1=C2[C@H]3CC[C@@H]4[C@@]5(C)CC[C@H](OC(=O)[C@H]6C[C@@H](C(=O)OCc7ccccc7)C6(C)C)C(C)(C)[C@@H]5CC[C@@]4(C)[C@]3(C)CC[C@@]2(NC(=O)C(C)(C)NC(=O)c2cc(C(F)(F)F)n[nH]2)CC1=O. The van der Waals surface area contributed by atoms with Crippen molar-refractivity contribution in [2.24, 2.45) is 62.6 Å². The van der Waals surface area contributed by atoms with Gasteiger partial charge in [-0.3, -0.25) is 29.1 Å². The number of rotatable bonds is 10. The Morgan fingerprint density at radius 3 is 2.13 bits per heavy atom. The highest BCUT2D eigenvalue weighted by Gasteiger charge is 2.71. The maximum Gasteiger partial charge on any atom is 0.435 e. The highest BCUT2D eigenvalue weighted by Crippen LogP contribution is 2.76. The Morgan fingerprint density at radius 2 is 1.51 bits per heavy atom. The molecular weight excluding hydrogens is 862 g/mol. The number of amides is 2. The fourth-order valence-corrected chi connectivity index (χ4v) is 15.1. The van der Waals surface area contributed by atoms with E-state index >= 15 is 0 Å². The van der Waals surface area contributed by atoms with Crippen molar-refractivity contribution in [3.8, 4) is 0 Å². The average molecular weight is 933 g/mol. The monoisotopic (exact) mass is 933 g/mol. The molecule has 0 unspecified atom stereocenters. The Kier molecular flexibility index (Phi) is 11.9. The predicted octanol–water partition coefficient (Wildman–Crippen LogP) is 10.1. The van der Waals surface area contributed by atoms with Crippen molar-refractivity contribution in [1.29, 1.82) is 0 Å². The lowest BCUT2D eigenvalue weighted by Crippen LogP contribution is -2.68. The van der Waals surface area contributed by atoms with Crippen LogP contribution in [0.4, 0.5) is 13.2 Å². The minimum Gasteiger partial charge on any atom is -0.462 e. The molecule has 0 saturated heterocycles. The Hall–Kier alpha value is -4.49. The van der Waals surface area contributed by atoms with Crippen LogP contribution < -0.4 is 10.6 Å². The molecular formula is C53H71F3N4O7. The van der Waals surface area contributed by atoms with Gasteiger partial charge in [-0.05, 0) is 134 Å². The van der Waals surface area contributed by atoms with E-state index in [1.165, 1.54) is 13.8 Å². The summed E-state index contributed by atoms with van der Waals surface area (Å²) in [5, 5.41) is 11.3. The fourth-order valence-electron chi connectivity index (χ4n) is 15.1. The first kappa shape index (κ1) is 48.9. The molecule has 1 heterocycles. The number of Topliss-reactive ketones (excluding diaryl/α,β-unsaturated/α-hetero) is 1. The second-order valence-corrected chi connectivity index (χ2v) is 24.0. The van der Waals surface area contributed by atoms with Crippen LogP contribution in [0.3, 0.4) is 0 Å². The summed E-state index contributed by atoms with van der Waals surface area (Å²) in [6.45, 7) is 23.1. The molecule has 11 nitrogen and oxygen atoms in total. The van der Waals surface area contributed by atoms with Gasteiger partial charge in [-0.15, -0.1) is 0 Å². The van der Waals surface area contributed by atoms with Crippen LogP contribution in [-0.4, -0.2) is 56.9 Å². The summed E-state index contributed by atoms with van der Waals surface area (Å²) < 4.78 is 52.0. The third-order valence-corrected chi connectivity index (χ3v) is 19.1. The zero-order valence-corrected chi connectivity index (χ0v) is 41.2. The molecule has 366 valence electrons. The van der Waals surface area contributed by atoms with Crippen molar-refractivity contribution < 1.29 is 46.6 Å². The molecule has 2 amide bonds. The number of nitrogens with one attached hydrogen (secondary N) is 3. The summed E-state index contributed by atoms with van der Waals surface area (Å²) in [4.78, 5) is 69.0. The van der Waals surface area contributed by atoms with E-state index in [-0.39, 0.29) is 76.3 Å². The molecule has 6 aliphatic carbocycles. The third-order valence-electron chi connectivity index (χ3n) is 19.1. The number of benzene rings is 1. The smallest absolute Gasteiger partial charge is 0.435 e. The van der Waals surface area contributed by atoms with E-state index in [4.69, 9.17) is 9.47 Å². The van der Waals surface area contributed by atoms with Crippen LogP contribution in [-0.2, 0) is 41.4 Å². The summed E-state index contributed by atoms with van der Waals surface area (Å²) in [6, 6.07) is 10.2. The minimum absolute atomic E-state index is 0.0193. The molecule has 0 aliphatic heterocycles. The van der Waals surface area contributed by atoms with Crippen LogP contribution >= 0.6 is 0 Å². The van der Waals surface area contributed by atoms with Gasteiger partial charge >= 0.3 is 18.1 Å². The molecule has 3 N–H and O–H groups in total. The maximum absolute atomic E-state index is 14.4. The zero-order chi connectivity index (χ0) is 49.1. The molecule has 67 heavy (non-hydrogen) atoms. The Morgan fingerprint density at radius 1 is 0.836 bits per heavy atom. The normalized spacial score (nSPS) is 35.3. The first-order chi connectivity index (χ1) is 31.0. The number of alkyl halides is 3. The van der Waals surface area contributed by atoms with Gasteiger partial charge in [0.1, 0.15) is 23.9 Å². The molecule has 5 saturated carbocycles. The van der Waals surface area contributed by atoms with Gasteiger partial charge in [0.25, 0.3) is 5.91 Å². The molecule has 14 heteroatoms. The highest BCUT2D eigenvalue weighted by atomic mass is 19.4. The fraction of sp³-hybridized carbons (Fsp3) is 0.698. The molecule has 0 bridgehead atoms. The van der Waals surface area contributed by atoms with Crippen molar-refractivity contribution in [2.75, 3.05) is 0 Å². The number of hydrogen-bond acceptors (Lipinski definition) is 8. The van der Waals surface area contributed by atoms with Crippen LogP contribution in [0.2, 0.25) is 0 Å². The van der Waals surface area contributed by atoms with Gasteiger partial charge in [0, 0.05) is 17.9 Å². The second-order valence-electron chi connectivity index (χ2n) is 24.0. The van der Waals surface area contributed by atoms with E-state index in [0.29, 0.717) is 30.7 Å². The average Bonchev–Trinajstić information content (AvgIpc) is 3.85. The van der Waals surface area contributed by atoms with Crippen LogP contribution in [0.25, 0.3) is 0 Å². The van der Waals surface area contributed by atoms with Crippen molar-refractivity contribution in [3.63, 3.8) is 0 Å². The van der Waals surface area contributed by atoms with Crippen molar-refractivity contribution in [1.82, 2.24) is 20.8 Å². The predicted molar refractivity (Wildman–Crippen MR) is 245 cm³/mol. The van der Waals surface area contributed by atoms with E-state index in [2.05, 4.69) is 55.4 Å². The molecule has 10 atom stereocenters. The van der Waals surface area contributed by atoms with Gasteiger partial charge in [-0.2, -0.15) is 18.3 Å². The Balaban J connectivity index is 0.976. The molecule has 1 aromatic carbocycles. The number of allylic oxidation sites excluding steroid dienone is 1. The number of hydrogen-bond donors (Lipinski definition) is 3. The number of aromatic nitrogens is 2. The number of ether oxygens (including phenoxy) is 2. The highest BCUT2D eigenvalue weighted by molar-refractivity contribution is 6.03. The number of carbonyl (C=O) groups is 5. The van der Waals surface area contributed by atoms with Gasteiger partial charge in [-0.25, -0.2) is 0 Å². The zero-order valence-electron chi connectivity index (χ0n) is 41.2. The topological polar surface area (TPSA) is 157 Å². The van der Waals surface area contributed by atoms with Crippen molar-refractivity contribution >= 4 is 29.5 Å². The number of H-pyrrole nitrogens is 1. The number of esters is 2. The molecule has 8 rings (SSSR count). The van der Waals surface area contributed by atoms with E-state index in [9.17, 15) is 37.1 Å². The minimum atomic E-state index is -4.74. The van der Waals surface area contributed by atoms with Crippen molar-refractivity contribution in [2.45, 2.75) is 170 Å². The van der Waals surface area contributed by atoms with E-state index in [1.807, 2.05) is 58.0 Å². The number of nitrogens with zero attached hydrogens (tertiary/aromatic N) is 1. The van der Waals surface area contributed by atoms with Gasteiger partial charge in [0.05, 0.1) is 17.4 Å². The van der Waals surface area contributed by atoms with Gasteiger partial charge in [-0.1, -0.05) is 92.6 Å². The number of ketones is 1. The van der Waals surface area contributed by atoms with Gasteiger partial charge in [0.15, 0.2) is 11.5 Å². The maximum atomic E-state index is 14.4. The summed E-state index contributed by atoms with van der Waals surface area (Å²) in [7, 11) is 0.